The lowest BCUT2D eigenvalue weighted by atomic mass is 9.35. The Kier molecular flexibility index (Phi) is 5.63. The third kappa shape index (κ3) is 3.43. The molecule has 5 aliphatic carbocycles. The quantitative estimate of drug-likeness (QED) is 0.358. The summed E-state index contributed by atoms with van der Waals surface area (Å²) >= 11 is 0. The Morgan fingerprint density at radius 1 is 1.00 bits per heavy atom. The first-order valence-electron chi connectivity index (χ1n) is 13.6. The first-order chi connectivity index (χ1) is 17.0. The zero-order valence-electron chi connectivity index (χ0n) is 22.8. The number of carbonyl (C=O) groups is 3. The number of ketones is 2. The van der Waals surface area contributed by atoms with E-state index in [1.54, 1.807) is 13.0 Å². The smallest absolute Gasteiger partial charge is 0.419 e. The number of allylic oxidation sites excluding steroid dienone is 4. The Labute approximate surface area is 217 Å². The van der Waals surface area contributed by atoms with E-state index in [2.05, 4.69) is 20.8 Å². The average Bonchev–Trinajstić information content (AvgIpc) is 2.81. The van der Waals surface area contributed by atoms with Crippen molar-refractivity contribution in [3.05, 3.63) is 23.3 Å². The number of rotatable bonds is 1. The molecule has 0 aromatic rings. The molecule has 0 bridgehead atoms. The van der Waals surface area contributed by atoms with Crippen molar-refractivity contribution in [3.8, 4) is 0 Å². The highest BCUT2D eigenvalue weighted by molar-refractivity contribution is 5.99. The summed E-state index contributed by atoms with van der Waals surface area (Å²) in [6.07, 6.45) is 3.22. The maximum absolute atomic E-state index is 14.1. The maximum Gasteiger partial charge on any atom is 0.419 e. The maximum atomic E-state index is 14.1. The molecule has 0 heterocycles. The van der Waals surface area contributed by atoms with Crippen molar-refractivity contribution < 1.29 is 32.3 Å². The Bertz CT molecular complexity index is 1140. The van der Waals surface area contributed by atoms with Crippen LogP contribution in [0.3, 0.4) is 0 Å². The molecule has 3 unspecified atom stereocenters. The van der Waals surface area contributed by atoms with E-state index < -0.39 is 39.2 Å². The first-order valence-corrected chi connectivity index (χ1v) is 13.6. The SMILES string of the molecule is COC(=O)[C@@]1(C)CC[C@]2(C)CC[C@]3(C)C(C(=O)C=C4[C@@]5(C)C=C(C(F)(F)F)C(=O)CC5CC[C@]43C)C2C1. The van der Waals surface area contributed by atoms with E-state index in [-0.39, 0.29) is 41.3 Å². The van der Waals surface area contributed by atoms with Crippen LogP contribution < -0.4 is 0 Å². The van der Waals surface area contributed by atoms with Gasteiger partial charge in [-0.05, 0) is 86.0 Å². The number of hydrogen-bond donors (Lipinski definition) is 0. The second-order valence-electron chi connectivity index (χ2n) is 13.9. The topological polar surface area (TPSA) is 60.4 Å². The van der Waals surface area contributed by atoms with Gasteiger partial charge in [0.1, 0.15) is 0 Å². The van der Waals surface area contributed by atoms with Crippen molar-refractivity contribution >= 4 is 17.5 Å². The van der Waals surface area contributed by atoms with Gasteiger partial charge in [-0.2, -0.15) is 13.2 Å². The molecule has 4 nitrogen and oxygen atoms in total. The summed E-state index contributed by atoms with van der Waals surface area (Å²) in [5.41, 5.74) is -2.96. The predicted molar refractivity (Wildman–Crippen MR) is 132 cm³/mol. The largest absolute Gasteiger partial charge is 0.469 e. The van der Waals surface area contributed by atoms with Gasteiger partial charge in [0.25, 0.3) is 0 Å². The van der Waals surface area contributed by atoms with Crippen LogP contribution in [0.4, 0.5) is 13.2 Å². The zero-order valence-corrected chi connectivity index (χ0v) is 22.8. The number of hydrogen-bond acceptors (Lipinski definition) is 4. The monoisotopic (exact) mass is 520 g/mol. The Balaban J connectivity index is 1.64. The average molecular weight is 521 g/mol. The minimum absolute atomic E-state index is 0.00836. The molecule has 0 amide bonds. The molecular weight excluding hydrogens is 481 g/mol. The van der Waals surface area contributed by atoms with Crippen LogP contribution in [0.5, 0.6) is 0 Å². The van der Waals surface area contributed by atoms with Gasteiger partial charge in [-0.15, -0.1) is 0 Å². The van der Waals surface area contributed by atoms with Crippen LogP contribution in [0.15, 0.2) is 23.3 Å². The Morgan fingerprint density at radius 3 is 2.27 bits per heavy atom. The summed E-state index contributed by atoms with van der Waals surface area (Å²) < 4.78 is 46.7. The molecule has 0 aromatic heterocycles. The molecule has 5 rings (SSSR count). The number of methoxy groups -OCH3 is 1. The Hall–Kier alpha value is -1.92. The van der Waals surface area contributed by atoms with Crippen LogP contribution in [-0.4, -0.2) is 30.8 Å². The van der Waals surface area contributed by atoms with Crippen molar-refractivity contribution in [2.45, 2.75) is 92.2 Å². The normalized spacial score (nSPS) is 47.5. The number of ether oxygens (including phenoxy) is 1. The molecule has 0 aromatic carbocycles. The van der Waals surface area contributed by atoms with Crippen LogP contribution in [0.1, 0.15) is 86.0 Å². The molecular formula is C30H39F3O4. The van der Waals surface area contributed by atoms with Gasteiger partial charge >= 0.3 is 12.1 Å². The fraction of sp³-hybridized carbons (Fsp3) is 0.767. The molecule has 7 heteroatoms. The lowest BCUT2D eigenvalue weighted by Crippen LogP contribution is -2.63. The lowest BCUT2D eigenvalue weighted by molar-refractivity contribution is -0.178. The second-order valence-corrected chi connectivity index (χ2v) is 13.9. The minimum Gasteiger partial charge on any atom is -0.469 e. The predicted octanol–water partition coefficient (Wildman–Crippen LogP) is 6.78. The van der Waals surface area contributed by atoms with E-state index in [4.69, 9.17) is 4.74 Å². The second kappa shape index (κ2) is 7.81. The van der Waals surface area contributed by atoms with Gasteiger partial charge in [0.2, 0.25) is 0 Å². The summed E-state index contributed by atoms with van der Waals surface area (Å²) in [5.74, 6) is -1.67. The van der Waals surface area contributed by atoms with Gasteiger partial charge in [-0.1, -0.05) is 39.3 Å². The third-order valence-corrected chi connectivity index (χ3v) is 12.1. The highest BCUT2D eigenvalue weighted by Crippen LogP contribution is 2.73. The summed E-state index contributed by atoms with van der Waals surface area (Å²) in [6.45, 7) is 10.3. The fourth-order valence-corrected chi connectivity index (χ4v) is 9.43. The summed E-state index contributed by atoms with van der Waals surface area (Å²) in [6, 6.07) is 0. The van der Waals surface area contributed by atoms with Crippen LogP contribution in [0.2, 0.25) is 0 Å². The molecule has 37 heavy (non-hydrogen) atoms. The lowest BCUT2D eigenvalue weighted by Gasteiger charge is -2.68. The number of halogens is 3. The number of Topliss-reactive ketones (excluding diaryl/α,β-unsaturated/α-hetero) is 1. The van der Waals surface area contributed by atoms with Crippen molar-refractivity contribution in [2.24, 2.45) is 44.8 Å². The van der Waals surface area contributed by atoms with Crippen molar-refractivity contribution in [1.29, 1.82) is 0 Å². The van der Waals surface area contributed by atoms with Crippen molar-refractivity contribution in [3.63, 3.8) is 0 Å². The molecule has 5 aliphatic rings. The molecule has 0 radical (unpaired) electrons. The van der Waals surface area contributed by atoms with Gasteiger partial charge in [-0.25, -0.2) is 0 Å². The standard InChI is InChI=1S/C30H39F3O4/c1-25-9-10-26(2,24(36)37-6)15-19(25)23-21(35)14-22-27(3)16-18(30(31,32)33)20(34)13-17(27)7-8-28(22,4)29(23,5)12-11-25/h14,16-17,19,23H,7-13,15H2,1-6H3/t17?,19?,23?,25-,26+,27+,28-,29-/m1/s1. The van der Waals surface area contributed by atoms with Crippen LogP contribution in [-0.2, 0) is 19.1 Å². The summed E-state index contributed by atoms with van der Waals surface area (Å²) in [5, 5.41) is 0. The van der Waals surface area contributed by atoms with Gasteiger partial charge in [0.05, 0.1) is 18.1 Å². The third-order valence-electron chi connectivity index (χ3n) is 12.1. The van der Waals surface area contributed by atoms with E-state index in [0.717, 1.165) is 43.8 Å². The number of alkyl halides is 3. The fourth-order valence-electron chi connectivity index (χ4n) is 9.43. The molecule has 0 N–H and O–H groups in total. The molecule has 3 saturated carbocycles. The molecule has 8 atom stereocenters. The van der Waals surface area contributed by atoms with Gasteiger partial charge < -0.3 is 4.74 Å². The van der Waals surface area contributed by atoms with Gasteiger partial charge in [-0.3, -0.25) is 14.4 Å². The summed E-state index contributed by atoms with van der Waals surface area (Å²) in [7, 11) is 1.41. The minimum atomic E-state index is -4.71. The van der Waals surface area contributed by atoms with E-state index in [1.165, 1.54) is 7.11 Å². The van der Waals surface area contributed by atoms with Crippen LogP contribution in [0.25, 0.3) is 0 Å². The highest BCUT2D eigenvalue weighted by atomic mass is 19.4. The van der Waals surface area contributed by atoms with Crippen molar-refractivity contribution in [1.82, 2.24) is 0 Å². The van der Waals surface area contributed by atoms with E-state index in [1.807, 2.05) is 6.92 Å². The Morgan fingerprint density at radius 2 is 1.65 bits per heavy atom. The van der Waals surface area contributed by atoms with Crippen LogP contribution >= 0.6 is 0 Å². The first kappa shape index (κ1) is 26.7. The molecule has 0 aliphatic heterocycles. The number of fused-ring (bicyclic) bond motifs is 7. The highest BCUT2D eigenvalue weighted by Gasteiger charge is 2.68. The molecule has 0 saturated heterocycles. The van der Waals surface area contributed by atoms with E-state index in [9.17, 15) is 27.6 Å². The van der Waals surface area contributed by atoms with E-state index >= 15 is 0 Å². The van der Waals surface area contributed by atoms with Gasteiger partial charge in [0.15, 0.2) is 11.6 Å². The number of esters is 1. The number of carbonyl (C=O) groups excluding carboxylic acids is 3. The molecule has 3 fully saturated rings. The van der Waals surface area contributed by atoms with Gasteiger partial charge in [0, 0.05) is 17.8 Å². The summed E-state index contributed by atoms with van der Waals surface area (Å²) in [4.78, 5) is 39.4. The van der Waals surface area contributed by atoms with E-state index in [0.29, 0.717) is 12.8 Å². The van der Waals surface area contributed by atoms with Crippen molar-refractivity contribution in [2.75, 3.05) is 7.11 Å². The molecule has 0 spiro atoms. The molecule has 204 valence electrons. The zero-order chi connectivity index (χ0) is 27.4. The van der Waals surface area contributed by atoms with Crippen LogP contribution in [0, 0.1) is 44.8 Å².